The molecule has 1 heterocycles. The molecular formula is C9H16ClNO. The van der Waals surface area contributed by atoms with Gasteiger partial charge in [-0.3, -0.25) is 0 Å². The van der Waals surface area contributed by atoms with Crippen LogP contribution in [0.15, 0.2) is 10.5 Å². The Morgan fingerprint density at radius 1 is 1.50 bits per heavy atom. The van der Waals surface area contributed by atoms with Gasteiger partial charge in [0.05, 0.1) is 5.69 Å². The number of furan rings is 1. The first-order chi connectivity index (χ1) is 5.15. The van der Waals surface area contributed by atoms with Crippen molar-refractivity contribution >= 4 is 18.1 Å². The Morgan fingerprint density at radius 2 is 2.08 bits per heavy atom. The maximum Gasteiger partial charge on any atom is 0.129 e. The summed E-state index contributed by atoms with van der Waals surface area (Å²) in [5.41, 5.74) is 6.51. The van der Waals surface area contributed by atoms with Gasteiger partial charge in [0, 0.05) is 18.4 Å². The lowest BCUT2D eigenvalue weighted by molar-refractivity contribution is 0.453. The molecule has 2 N–H and O–H groups in total. The van der Waals surface area contributed by atoms with Gasteiger partial charge in [0.25, 0.3) is 0 Å². The lowest BCUT2D eigenvalue weighted by Gasteiger charge is -1.99. The summed E-state index contributed by atoms with van der Waals surface area (Å²) < 4.78 is 5.50. The first-order valence-corrected chi connectivity index (χ1v) is 4.03. The van der Waals surface area contributed by atoms with Crippen molar-refractivity contribution in [2.45, 2.75) is 33.1 Å². The van der Waals surface area contributed by atoms with E-state index in [9.17, 15) is 0 Å². The summed E-state index contributed by atoms with van der Waals surface area (Å²) >= 11 is 0. The summed E-state index contributed by atoms with van der Waals surface area (Å²) in [6.45, 7) is 6.21. The fourth-order valence-corrected chi connectivity index (χ4v) is 1.10. The fourth-order valence-electron chi connectivity index (χ4n) is 1.10. The quantitative estimate of drug-likeness (QED) is 0.777. The molecule has 12 heavy (non-hydrogen) atoms. The molecule has 0 atom stereocenters. The molecule has 0 fully saturated rings. The van der Waals surface area contributed by atoms with Crippen molar-refractivity contribution in [2.75, 3.05) is 5.73 Å². The van der Waals surface area contributed by atoms with Crippen LogP contribution in [0.25, 0.3) is 0 Å². The van der Waals surface area contributed by atoms with Crippen LogP contribution in [0.4, 0.5) is 5.69 Å². The summed E-state index contributed by atoms with van der Waals surface area (Å²) in [4.78, 5) is 0. The molecule has 0 aromatic carbocycles. The van der Waals surface area contributed by atoms with Crippen LogP contribution in [0.1, 0.15) is 38.2 Å². The highest BCUT2D eigenvalue weighted by molar-refractivity contribution is 5.85. The SMILES string of the molecule is CCc1cc(N)c(C(C)C)o1.Cl. The van der Waals surface area contributed by atoms with Crippen LogP contribution in [0.2, 0.25) is 0 Å². The third kappa shape index (κ3) is 2.18. The van der Waals surface area contributed by atoms with E-state index in [4.69, 9.17) is 10.2 Å². The molecule has 0 aliphatic heterocycles. The summed E-state index contributed by atoms with van der Waals surface area (Å²) in [5, 5.41) is 0. The van der Waals surface area contributed by atoms with Crippen molar-refractivity contribution in [1.29, 1.82) is 0 Å². The van der Waals surface area contributed by atoms with Crippen molar-refractivity contribution in [3.8, 4) is 0 Å². The summed E-state index contributed by atoms with van der Waals surface area (Å²) in [7, 11) is 0. The smallest absolute Gasteiger partial charge is 0.129 e. The topological polar surface area (TPSA) is 39.2 Å². The van der Waals surface area contributed by atoms with Crippen molar-refractivity contribution < 1.29 is 4.42 Å². The molecule has 0 saturated carbocycles. The molecule has 70 valence electrons. The van der Waals surface area contributed by atoms with Crippen LogP contribution in [-0.2, 0) is 6.42 Å². The summed E-state index contributed by atoms with van der Waals surface area (Å²) in [6, 6.07) is 1.91. The Morgan fingerprint density at radius 3 is 2.33 bits per heavy atom. The zero-order chi connectivity index (χ0) is 8.43. The number of hydrogen-bond donors (Lipinski definition) is 1. The van der Waals surface area contributed by atoms with Gasteiger partial charge in [-0.05, 0) is 0 Å². The van der Waals surface area contributed by atoms with E-state index < -0.39 is 0 Å². The zero-order valence-electron chi connectivity index (χ0n) is 7.76. The van der Waals surface area contributed by atoms with Crippen LogP contribution in [0.5, 0.6) is 0 Å². The van der Waals surface area contributed by atoms with Gasteiger partial charge >= 0.3 is 0 Å². The van der Waals surface area contributed by atoms with Gasteiger partial charge in [0.1, 0.15) is 11.5 Å². The maximum atomic E-state index is 5.72. The molecule has 0 unspecified atom stereocenters. The first-order valence-electron chi connectivity index (χ1n) is 4.03. The van der Waals surface area contributed by atoms with Gasteiger partial charge in [0.15, 0.2) is 0 Å². The van der Waals surface area contributed by atoms with Gasteiger partial charge in [-0.15, -0.1) is 12.4 Å². The van der Waals surface area contributed by atoms with Crippen LogP contribution < -0.4 is 5.73 Å². The largest absolute Gasteiger partial charge is 0.464 e. The summed E-state index contributed by atoms with van der Waals surface area (Å²) in [5.74, 6) is 2.28. The van der Waals surface area contributed by atoms with Gasteiger partial charge in [0.2, 0.25) is 0 Å². The Kier molecular flexibility index (Phi) is 4.18. The number of nitrogens with two attached hydrogens (primary N) is 1. The molecule has 0 amide bonds. The van der Waals surface area contributed by atoms with E-state index >= 15 is 0 Å². The lowest BCUT2D eigenvalue weighted by atomic mass is 10.1. The van der Waals surface area contributed by atoms with Gasteiger partial charge in [-0.1, -0.05) is 20.8 Å². The molecule has 0 radical (unpaired) electrons. The second-order valence-electron chi connectivity index (χ2n) is 3.04. The highest BCUT2D eigenvalue weighted by Crippen LogP contribution is 2.25. The highest BCUT2D eigenvalue weighted by atomic mass is 35.5. The zero-order valence-corrected chi connectivity index (χ0v) is 8.57. The van der Waals surface area contributed by atoms with Gasteiger partial charge in [-0.25, -0.2) is 0 Å². The van der Waals surface area contributed by atoms with Crippen molar-refractivity contribution in [3.05, 3.63) is 17.6 Å². The Balaban J connectivity index is 0.00000121. The van der Waals surface area contributed by atoms with Crippen LogP contribution in [0.3, 0.4) is 0 Å². The van der Waals surface area contributed by atoms with E-state index in [0.717, 1.165) is 23.6 Å². The molecule has 3 heteroatoms. The third-order valence-electron chi connectivity index (χ3n) is 1.71. The molecule has 0 aliphatic carbocycles. The predicted molar refractivity (Wildman–Crippen MR) is 53.8 cm³/mol. The highest BCUT2D eigenvalue weighted by Gasteiger charge is 2.09. The van der Waals surface area contributed by atoms with E-state index in [1.807, 2.05) is 6.07 Å². The number of nitrogen functional groups attached to an aromatic ring is 1. The second-order valence-corrected chi connectivity index (χ2v) is 3.04. The normalized spacial score (nSPS) is 10.0. The minimum Gasteiger partial charge on any atom is -0.464 e. The van der Waals surface area contributed by atoms with E-state index in [-0.39, 0.29) is 12.4 Å². The Bertz CT molecular complexity index is 243. The maximum absolute atomic E-state index is 5.72. The van der Waals surface area contributed by atoms with Crippen molar-refractivity contribution in [2.24, 2.45) is 0 Å². The van der Waals surface area contributed by atoms with E-state index in [1.165, 1.54) is 0 Å². The number of halogens is 1. The molecule has 0 spiro atoms. The molecule has 0 bridgehead atoms. The number of hydrogen-bond acceptors (Lipinski definition) is 2. The van der Waals surface area contributed by atoms with Crippen molar-refractivity contribution in [1.82, 2.24) is 0 Å². The monoisotopic (exact) mass is 189 g/mol. The van der Waals surface area contributed by atoms with E-state index in [1.54, 1.807) is 0 Å². The van der Waals surface area contributed by atoms with Crippen molar-refractivity contribution in [3.63, 3.8) is 0 Å². The van der Waals surface area contributed by atoms with Crippen LogP contribution in [0, 0.1) is 0 Å². The van der Waals surface area contributed by atoms with Gasteiger partial charge < -0.3 is 10.2 Å². The minimum absolute atomic E-state index is 0. The van der Waals surface area contributed by atoms with Crippen LogP contribution in [-0.4, -0.2) is 0 Å². The number of aryl methyl sites for hydroxylation is 1. The van der Waals surface area contributed by atoms with Gasteiger partial charge in [-0.2, -0.15) is 0 Å². The Labute approximate surface area is 79.5 Å². The molecule has 2 nitrogen and oxygen atoms in total. The standard InChI is InChI=1S/C9H15NO.ClH/c1-4-7-5-8(10)9(11-7)6(2)3;/h5-6H,4,10H2,1-3H3;1H. The third-order valence-corrected chi connectivity index (χ3v) is 1.71. The van der Waals surface area contributed by atoms with Crippen LogP contribution >= 0.6 is 12.4 Å². The molecule has 1 rings (SSSR count). The Hall–Kier alpha value is -0.630. The van der Waals surface area contributed by atoms with E-state index in [0.29, 0.717) is 5.92 Å². The fraction of sp³-hybridized carbons (Fsp3) is 0.556. The number of rotatable bonds is 2. The molecule has 1 aromatic rings. The molecule has 0 saturated heterocycles. The second kappa shape index (κ2) is 4.41. The summed E-state index contributed by atoms with van der Waals surface area (Å²) in [6.07, 6.45) is 0.914. The average Bonchev–Trinajstić information content (AvgIpc) is 2.30. The lowest BCUT2D eigenvalue weighted by Crippen LogP contribution is -1.90. The van der Waals surface area contributed by atoms with E-state index in [2.05, 4.69) is 20.8 Å². The number of anilines is 1. The molecule has 1 aromatic heterocycles. The molecular weight excluding hydrogens is 174 g/mol. The average molecular weight is 190 g/mol. The predicted octanol–water partition coefficient (Wildman–Crippen LogP) is 2.97. The minimum atomic E-state index is 0. The first kappa shape index (κ1) is 11.4. The molecule has 0 aliphatic rings.